The van der Waals surface area contributed by atoms with E-state index in [1.54, 1.807) is 12.4 Å². The Kier molecular flexibility index (Phi) is 2.88. The van der Waals surface area contributed by atoms with Gasteiger partial charge >= 0.3 is 5.97 Å². The average Bonchev–Trinajstić information content (AvgIpc) is 2.85. The smallest absolute Gasteiger partial charge is 0.325 e. The Morgan fingerprint density at radius 2 is 2.35 bits per heavy atom. The molecular weight excluding hydrogens is 242 g/mol. The number of carboxylic acids is 1. The molecule has 1 fully saturated rings. The largest absolute Gasteiger partial charge is 0.480 e. The lowest BCUT2D eigenvalue weighted by molar-refractivity contribution is -0.142. The predicted octanol–water partition coefficient (Wildman–Crippen LogP) is 0.0795. The molecule has 1 amide bonds. The van der Waals surface area contributed by atoms with Crippen molar-refractivity contribution in [3.8, 4) is 0 Å². The summed E-state index contributed by atoms with van der Waals surface area (Å²) in [5.74, 6) is -1.24. The van der Waals surface area contributed by atoms with Crippen molar-refractivity contribution in [2.24, 2.45) is 5.73 Å². The molecule has 0 radical (unpaired) electrons. The fourth-order valence-electron chi connectivity index (χ4n) is 1.83. The Balaban J connectivity index is 2.15. The molecule has 1 atom stereocenters. The Bertz CT molecular complexity index is 473. The highest BCUT2D eigenvalue weighted by molar-refractivity contribution is 7.11. The molecule has 0 bridgehead atoms. The van der Waals surface area contributed by atoms with E-state index in [0.717, 1.165) is 0 Å². The number of carbonyl (C=O) groups excluding carboxylic acids is 1. The molecular formula is C10H13N3O3S. The number of thiazole rings is 1. The number of carboxylic acid groups (broad SMARTS) is 1. The summed E-state index contributed by atoms with van der Waals surface area (Å²) in [7, 11) is 0. The number of aliphatic carboxylic acids is 1. The van der Waals surface area contributed by atoms with E-state index in [1.807, 2.05) is 0 Å². The van der Waals surface area contributed by atoms with Gasteiger partial charge in [0.05, 0.1) is 11.2 Å². The third-order valence-electron chi connectivity index (χ3n) is 2.95. The lowest BCUT2D eigenvalue weighted by atomic mass is 10.0. The molecule has 1 aliphatic rings. The number of hydrogen-bond acceptors (Lipinski definition) is 5. The fraction of sp³-hybridized carbons (Fsp3) is 0.500. The number of nitrogens with zero attached hydrogens (tertiary/aromatic N) is 2. The third kappa shape index (κ3) is 2.03. The molecule has 0 saturated carbocycles. The molecule has 0 spiro atoms. The van der Waals surface area contributed by atoms with Gasteiger partial charge in [-0.3, -0.25) is 9.59 Å². The number of carbonyl (C=O) groups is 2. The number of amides is 1. The van der Waals surface area contributed by atoms with Crippen molar-refractivity contribution < 1.29 is 14.7 Å². The zero-order chi connectivity index (χ0) is 12.6. The molecule has 2 heterocycles. The van der Waals surface area contributed by atoms with Crippen LogP contribution in [0.1, 0.15) is 21.8 Å². The summed E-state index contributed by atoms with van der Waals surface area (Å²) in [5, 5.41) is 8.98. The average molecular weight is 255 g/mol. The Labute approximate surface area is 102 Å². The summed E-state index contributed by atoms with van der Waals surface area (Å²) in [5.41, 5.74) is 6.68. The molecule has 6 nitrogen and oxygen atoms in total. The minimum atomic E-state index is -1.31. The van der Waals surface area contributed by atoms with Crippen LogP contribution in [-0.2, 0) is 4.79 Å². The van der Waals surface area contributed by atoms with E-state index in [2.05, 4.69) is 4.98 Å². The summed E-state index contributed by atoms with van der Waals surface area (Å²) in [6.07, 6.45) is 0.284. The van der Waals surface area contributed by atoms with Crippen LogP contribution in [0.2, 0.25) is 0 Å². The van der Waals surface area contributed by atoms with Gasteiger partial charge in [0.15, 0.2) is 0 Å². The van der Waals surface area contributed by atoms with Crippen LogP contribution in [0.15, 0.2) is 5.51 Å². The van der Waals surface area contributed by atoms with Gasteiger partial charge in [0.25, 0.3) is 5.91 Å². The first-order valence-electron chi connectivity index (χ1n) is 5.16. The van der Waals surface area contributed by atoms with Gasteiger partial charge in [-0.15, -0.1) is 11.3 Å². The predicted molar refractivity (Wildman–Crippen MR) is 61.9 cm³/mol. The fourth-order valence-corrected chi connectivity index (χ4v) is 2.60. The first kappa shape index (κ1) is 12.0. The van der Waals surface area contributed by atoms with Crippen molar-refractivity contribution in [2.75, 3.05) is 13.1 Å². The maximum Gasteiger partial charge on any atom is 0.325 e. The number of rotatable bonds is 2. The topological polar surface area (TPSA) is 96.5 Å². The van der Waals surface area contributed by atoms with Gasteiger partial charge in [-0.2, -0.15) is 0 Å². The molecule has 1 unspecified atom stereocenters. The van der Waals surface area contributed by atoms with Crippen molar-refractivity contribution >= 4 is 23.2 Å². The van der Waals surface area contributed by atoms with Crippen molar-refractivity contribution in [1.29, 1.82) is 0 Å². The van der Waals surface area contributed by atoms with Crippen molar-refractivity contribution in [2.45, 2.75) is 18.9 Å². The van der Waals surface area contributed by atoms with Crippen LogP contribution in [0.3, 0.4) is 0 Å². The highest BCUT2D eigenvalue weighted by Gasteiger charge is 2.43. The van der Waals surface area contributed by atoms with Crippen LogP contribution < -0.4 is 5.73 Å². The SMILES string of the molecule is Cc1ncsc1C(=O)N1CCC(N)(C(=O)O)C1. The van der Waals surface area contributed by atoms with E-state index in [-0.39, 0.29) is 18.9 Å². The van der Waals surface area contributed by atoms with E-state index in [0.29, 0.717) is 17.1 Å². The maximum absolute atomic E-state index is 12.1. The van der Waals surface area contributed by atoms with E-state index in [4.69, 9.17) is 10.8 Å². The number of hydrogen-bond donors (Lipinski definition) is 2. The minimum Gasteiger partial charge on any atom is -0.480 e. The zero-order valence-corrected chi connectivity index (χ0v) is 10.2. The Morgan fingerprint density at radius 1 is 1.65 bits per heavy atom. The summed E-state index contributed by atoms with van der Waals surface area (Å²) in [6.45, 7) is 2.18. The highest BCUT2D eigenvalue weighted by Crippen LogP contribution is 2.23. The Hall–Kier alpha value is -1.47. The second kappa shape index (κ2) is 4.08. The molecule has 1 aromatic heterocycles. The van der Waals surface area contributed by atoms with E-state index in [9.17, 15) is 9.59 Å². The molecule has 7 heteroatoms. The maximum atomic E-state index is 12.1. The molecule has 1 aliphatic heterocycles. The van der Waals surface area contributed by atoms with Gasteiger partial charge in [-0.05, 0) is 13.3 Å². The summed E-state index contributed by atoms with van der Waals surface area (Å²) in [4.78, 5) is 29.1. The monoisotopic (exact) mass is 255 g/mol. The van der Waals surface area contributed by atoms with E-state index >= 15 is 0 Å². The van der Waals surface area contributed by atoms with Gasteiger partial charge in [0, 0.05) is 13.1 Å². The first-order chi connectivity index (χ1) is 7.94. The third-order valence-corrected chi connectivity index (χ3v) is 3.87. The number of aryl methyl sites for hydroxylation is 1. The van der Waals surface area contributed by atoms with Crippen LogP contribution in [-0.4, -0.2) is 45.5 Å². The van der Waals surface area contributed by atoms with Crippen LogP contribution in [0.4, 0.5) is 0 Å². The van der Waals surface area contributed by atoms with E-state index < -0.39 is 11.5 Å². The summed E-state index contributed by atoms with van der Waals surface area (Å²) in [6, 6.07) is 0. The van der Waals surface area contributed by atoms with Crippen molar-refractivity contribution in [3.05, 3.63) is 16.1 Å². The van der Waals surface area contributed by atoms with Gasteiger partial charge in [-0.25, -0.2) is 4.98 Å². The van der Waals surface area contributed by atoms with Crippen LogP contribution in [0, 0.1) is 6.92 Å². The zero-order valence-electron chi connectivity index (χ0n) is 9.34. The van der Waals surface area contributed by atoms with Gasteiger partial charge < -0.3 is 15.7 Å². The van der Waals surface area contributed by atoms with Gasteiger partial charge in [-0.1, -0.05) is 0 Å². The number of aromatic nitrogens is 1. The normalized spacial score (nSPS) is 24.0. The van der Waals surface area contributed by atoms with E-state index in [1.165, 1.54) is 16.2 Å². The van der Waals surface area contributed by atoms with Crippen LogP contribution in [0.25, 0.3) is 0 Å². The quantitative estimate of drug-likeness (QED) is 0.780. The molecule has 1 saturated heterocycles. The van der Waals surface area contributed by atoms with Crippen molar-refractivity contribution in [3.63, 3.8) is 0 Å². The van der Waals surface area contributed by atoms with Crippen molar-refractivity contribution in [1.82, 2.24) is 9.88 Å². The molecule has 3 N–H and O–H groups in total. The lowest BCUT2D eigenvalue weighted by Crippen LogP contribution is -2.50. The number of nitrogens with two attached hydrogens (primary N) is 1. The van der Waals surface area contributed by atoms with Gasteiger partial charge in [0.2, 0.25) is 0 Å². The first-order valence-corrected chi connectivity index (χ1v) is 6.03. The Morgan fingerprint density at radius 3 is 2.82 bits per heavy atom. The standard InChI is InChI=1S/C10H13N3O3S/c1-6-7(17-5-12-6)8(14)13-3-2-10(11,4-13)9(15)16/h5H,2-4,11H2,1H3,(H,15,16). The molecule has 0 aliphatic carbocycles. The molecule has 0 aromatic carbocycles. The molecule has 17 heavy (non-hydrogen) atoms. The van der Waals surface area contributed by atoms with Crippen LogP contribution >= 0.6 is 11.3 Å². The second-order valence-corrected chi connectivity index (χ2v) is 5.06. The number of likely N-dealkylation sites (tertiary alicyclic amines) is 1. The van der Waals surface area contributed by atoms with Crippen LogP contribution in [0.5, 0.6) is 0 Å². The summed E-state index contributed by atoms with van der Waals surface area (Å²) < 4.78 is 0. The minimum absolute atomic E-state index is 0.0541. The second-order valence-electron chi connectivity index (χ2n) is 4.20. The molecule has 2 rings (SSSR count). The van der Waals surface area contributed by atoms with Gasteiger partial charge in [0.1, 0.15) is 10.4 Å². The molecule has 1 aromatic rings. The highest BCUT2D eigenvalue weighted by atomic mass is 32.1. The lowest BCUT2D eigenvalue weighted by Gasteiger charge is -2.19. The molecule has 92 valence electrons. The summed E-state index contributed by atoms with van der Waals surface area (Å²) >= 11 is 1.26.